The van der Waals surface area contributed by atoms with Crippen LogP contribution < -0.4 is 10.2 Å². The number of amides is 1. The molecular formula is C17H14N2O8. The van der Waals surface area contributed by atoms with Crippen molar-refractivity contribution in [1.29, 1.82) is 0 Å². The van der Waals surface area contributed by atoms with Crippen LogP contribution in [0.2, 0.25) is 0 Å². The van der Waals surface area contributed by atoms with Gasteiger partial charge < -0.3 is 20.1 Å². The molecule has 10 nitrogen and oxygen atoms in total. The van der Waals surface area contributed by atoms with Gasteiger partial charge in [-0.2, -0.15) is 0 Å². The highest BCUT2D eigenvalue weighted by molar-refractivity contribution is 5.81. The first-order valence-electron chi connectivity index (χ1n) is 7.62. The maximum atomic E-state index is 11.7. The van der Waals surface area contributed by atoms with E-state index >= 15 is 0 Å². The SMILES string of the molecule is O=C(CC1(O)C=C(c2ccccc2)Oc2cc(O)c([N+](=O)[O-])c(O)c21)NO. The number of aliphatic hydroxyl groups is 1. The maximum Gasteiger partial charge on any atom is 0.352 e. The molecule has 140 valence electrons. The number of nitro benzene ring substituents is 1. The normalized spacial score (nSPS) is 18.1. The van der Waals surface area contributed by atoms with Gasteiger partial charge in [-0.3, -0.25) is 20.1 Å². The number of fused-ring (bicyclic) bond motifs is 1. The van der Waals surface area contributed by atoms with Gasteiger partial charge in [0, 0.05) is 11.6 Å². The van der Waals surface area contributed by atoms with Gasteiger partial charge in [-0.25, -0.2) is 5.48 Å². The molecule has 0 saturated carbocycles. The molecule has 2 aromatic carbocycles. The molecule has 10 heteroatoms. The number of hydrogen-bond donors (Lipinski definition) is 5. The summed E-state index contributed by atoms with van der Waals surface area (Å²) in [7, 11) is 0. The van der Waals surface area contributed by atoms with Crippen LogP contribution in [0.5, 0.6) is 17.2 Å². The van der Waals surface area contributed by atoms with E-state index in [1.54, 1.807) is 30.3 Å². The molecule has 1 aliphatic heterocycles. The van der Waals surface area contributed by atoms with Gasteiger partial charge in [0.15, 0.2) is 0 Å². The molecule has 0 aliphatic carbocycles. The molecule has 0 aromatic heterocycles. The molecule has 1 aliphatic rings. The van der Waals surface area contributed by atoms with E-state index < -0.39 is 45.6 Å². The number of rotatable bonds is 4. The lowest BCUT2D eigenvalue weighted by Crippen LogP contribution is -2.35. The molecule has 0 spiro atoms. The van der Waals surface area contributed by atoms with Crippen LogP contribution in [0.15, 0.2) is 42.5 Å². The summed E-state index contributed by atoms with van der Waals surface area (Å²) in [6.45, 7) is 0. The fourth-order valence-electron chi connectivity index (χ4n) is 2.91. The fourth-order valence-corrected chi connectivity index (χ4v) is 2.91. The van der Waals surface area contributed by atoms with Crippen molar-refractivity contribution in [1.82, 2.24) is 5.48 Å². The highest BCUT2D eigenvalue weighted by atomic mass is 16.6. The van der Waals surface area contributed by atoms with Crippen LogP contribution in [0.1, 0.15) is 17.5 Å². The van der Waals surface area contributed by atoms with Gasteiger partial charge in [0.25, 0.3) is 0 Å². The predicted molar refractivity (Wildman–Crippen MR) is 89.9 cm³/mol. The lowest BCUT2D eigenvalue weighted by atomic mass is 9.85. The first kappa shape index (κ1) is 18.2. The Morgan fingerprint density at radius 1 is 1.26 bits per heavy atom. The Morgan fingerprint density at radius 2 is 1.93 bits per heavy atom. The molecule has 0 bridgehead atoms. The van der Waals surface area contributed by atoms with Crippen molar-refractivity contribution in [2.75, 3.05) is 0 Å². The van der Waals surface area contributed by atoms with E-state index in [9.17, 15) is 30.2 Å². The van der Waals surface area contributed by atoms with E-state index in [-0.39, 0.29) is 11.5 Å². The van der Waals surface area contributed by atoms with Crippen molar-refractivity contribution in [3.63, 3.8) is 0 Å². The molecule has 1 amide bonds. The quantitative estimate of drug-likeness (QED) is 0.305. The molecule has 2 aromatic rings. The van der Waals surface area contributed by atoms with Crippen LogP contribution in [0.4, 0.5) is 5.69 Å². The first-order chi connectivity index (χ1) is 12.8. The number of phenolic OH excluding ortho intramolecular Hbond substituents is 2. The summed E-state index contributed by atoms with van der Waals surface area (Å²) in [5.74, 6) is -3.12. The van der Waals surface area contributed by atoms with Crippen molar-refractivity contribution in [3.8, 4) is 17.2 Å². The Labute approximate surface area is 151 Å². The average molecular weight is 374 g/mol. The second kappa shape index (κ2) is 6.59. The van der Waals surface area contributed by atoms with E-state index in [0.29, 0.717) is 5.56 Å². The monoisotopic (exact) mass is 374 g/mol. The van der Waals surface area contributed by atoms with Crippen LogP contribution >= 0.6 is 0 Å². The summed E-state index contributed by atoms with van der Waals surface area (Å²) in [5.41, 5.74) is -1.92. The third-order valence-corrected chi connectivity index (χ3v) is 4.04. The lowest BCUT2D eigenvalue weighted by molar-refractivity contribution is -0.387. The van der Waals surface area contributed by atoms with Gasteiger partial charge in [0.1, 0.15) is 17.1 Å². The van der Waals surface area contributed by atoms with Crippen molar-refractivity contribution in [2.45, 2.75) is 12.0 Å². The highest BCUT2D eigenvalue weighted by Crippen LogP contribution is 2.52. The van der Waals surface area contributed by atoms with E-state index in [1.165, 1.54) is 5.48 Å². The Bertz CT molecular complexity index is 957. The van der Waals surface area contributed by atoms with Crippen LogP contribution in [0.3, 0.4) is 0 Å². The number of aromatic hydroxyl groups is 2. The van der Waals surface area contributed by atoms with Gasteiger partial charge in [0.05, 0.1) is 16.9 Å². The van der Waals surface area contributed by atoms with E-state index in [0.717, 1.165) is 12.1 Å². The van der Waals surface area contributed by atoms with E-state index in [1.807, 2.05) is 0 Å². The minimum atomic E-state index is -2.26. The summed E-state index contributed by atoms with van der Waals surface area (Å²) < 4.78 is 5.59. The number of hydroxylamine groups is 1. The maximum absolute atomic E-state index is 11.7. The number of benzene rings is 2. The number of carbonyl (C=O) groups excluding carboxylic acids is 1. The van der Waals surface area contributed by atoms with Crippen LogP contribution in [-0.2, 0) is 10.4 Å². The molecule has 27 heavy (non-hydrogen) atoms. The Kier molecular flexibility index (Phi) is 4.44. The number of nitrogens with one attached hydrogen (secondary N) is 1. The summed E-state index contributed by atoms with van der Waals surface area (Å²) in [6.07, 6.45) is 0.325. The van der Waals surface area contributed by atoms with Gasteiger partial charge in [-0.15, -0.1) is 0 Å². The van der Waals surface area contributed by atoms with Crippen molar-refractivity contribution < 1.29 is 35.0 Å². The Hall–Kier alpha value is -3.63. The summed E-state index contributed by atoms with van der Waals surface area (Å²) in [4.78, 5) is 21.8. The molecule has 0 radical (unpaired) electrons. The lowest BCUT2D eigenvalue weighted by Gasteiger charge is -2.32. The zero-order valence-corrected chi connectivity index (χ0v) is 13.6. The molecule has 0 saturated heterocycles. The second-order valence-corrected chi connectivity index (χ2v) is 5.84. The van der Waals surface area contributed by atoms with Gasteiger partial charge >= 0.3 is 5.69 Å². The van der Waals surface area contributed by atoms with E-state index in [4.69, 9.17) is 9.94 Å². The minimum absolute atomic E-state index is 0.0870. The number of nitro groups is 1. The first-order valence-corrected chi connectivity index (χ1v) is 7.62. The summed E-state index contributed by atoms with van der Waals surface area (Å²) >= 11 is 0. The number of carbonyl (C=O) groups is 1. The molecule has 1 heterocycles. The number of ether oxygens (including phenoxy) is 1. The number of hydrogen-bond acceptors (Lipinski definition) is 8. The Balaban J connectivity index is 2.25. The molecule has 0 fully saturated rings. The third kappa shape index (κ3) is 3.14. The number of nitrogens with zero attached hydrogens (tertiary/aromatic N) is 1. The minimum Gasteiger partial charge on any atom is -0.502 e. The molecule has 1 unspecified atom stereocenters. The fraction of sp³-hybridized carbons (Fsp3) is 0.118. The largest absolute Gasteiger partial charge is 0.502 e. The van der Waals surface area contributed by atoms with Crippen LogP contribution in [0.25, 0.3) is 5.76 Å². The standard InChI is InChI=1S/C17H14N2O8/c20-10-6-11-14(16(22)15(10)19(25)26)17(23,8-13(21)18-24)7-12(27-11)9-4-2-1-3-5-9/h1-7,20,22-24H,8H2,(H,18,21). The zero-order chi connectivity index (χ0) is 19.8. The van der Waals surface area contributed by atoms with E-state index in [2.05, 4.69) is 0 Å². The summed E-state index contributed by atoms with van der Waals surface area (Å²) in [5, 5.41) is 51.1. The predicted octanol–water partition coefficient (Wildman–Crippen LogP) is 1.52. The van der Waals surface area contributed by atoms with Gasteiger partial charge in [0.2, 0.25) is 17.4 Å². The topological polar surface area (TPSA) is 162 Å². The average Bonchev–Trinajstić information content (AvgIpc) is 2.60. The number of phenols is 2. The van der Waals surface area contributed by atoms with Crippen molar-refractivity contribution in [3.05, 3.63) is 63.7 Å². The summed E-state index contributed by atoms with van der Waals surface area (Å²) in [6, 6.07) is 9.29. The van der Waals surface area contributed by atoms with Crippen LogP contribution in [0, 0.1) is 10.1 Å². The van der Waals surface area contributed by atoms with Gasteiger partial charge in [-0.05, 0) is 6.08 Å². The molecular weight excluding hydrogens is 360 g/mol. The molecule has 1 atom stereocenters. The van der Waals surface area contributed by atoms with Gasteiger partial charge in [-0.1, -0.05) is 30.3 Å². The highest BCUT2D eigenvalue weighted by Gasteiger charge is 2.43. The third-order valence-electron chi connectivity index (χ3n) is 4.04. The smallest absolute Gasteiger partial charge is 0.352 e. The van der Waals surface area contributed by atoms with Crippen LogP contribution in [-0.4, -0.2) is 31.4 Å². The van der Waals surface area contributed by atoms with Crippen molar-refractivity contribution >= 4 is 17.4 Å². The molecule has 5 N–H and O–H groups in total. The zero-order valence-electron chi connectivity index (χ0n) is 13.6. The molecule has 3 rings (SSSR count). The Morgan fingerprint density at radius 3 is 2.52 bits per heavy atom. The van der Waals surface area contributed by atoms with Crippen molar-refractivity contribution in [2.24, 2.45) is 0 Å². The second-order valence-electron chi connectivity index (χ2n) is 5.84.